The normalized spacial score (nSPS) is 10.7. The Morgan fingerprint density at radius 2 is 1.80 bits per heavy atom. The summed E-state index contributed by atoms with van der Waals surface area (Å²) in [4.78, 5) is 12.5. The predicted molar refractivity (Wildman–Crippen MR) is 106 cm³/mol. The molecule has 0 radical (unpaired) electrons. The van der Waals surface area contributed by atoms with Crippen LogP contribution in [0, 0.1) is 6.92 Å². The number of nitrogens with one attached hydrogen (secondary N) is 1. The van der Waals surface area contributed by atoms with E-state index in [-0.39, 0.29) is 29.6 Å². The van der Waals surface area contributed by atoms with Crippen molar-refractivity contribution in [2.45, 2.75) is 20.1 Å². The van der Waals surface area contributed by atoms with Crippen molar-refractivity contribution in [1.82, 2.24) is 15.1 Å². The van der Waals surface area contributed by atoms with Crippen molar-refractivity contribution in [1.29, 1.82) is 0 Å². The molecule has 2 aromatic carbocycles. The minimum Gasteiger partial charge on any atom is -0.494 e. The summed E-state index contributed by atoms with van der Waals surface area (Å²) in [6, 6.07) is 11.7. The number of hydrogen-bond donors (Lipinski definition) is 1. The van der Waals surface area contributed by atoms with Gasteiger partial charge in [-0.1, -0.05) is 12.1 Å². The monoisotopic (exact) mass is 417 g/mol. The molecule has 3 aromatic rings. The Balaban J connectivity index is 1.70. The Morgan fingerprint density at radius 1 is 1.07 bits per heavy atom. The van der Waals surface area contributed by atoms with Crippen LogP contribution in [0.2, 0.25) is 0 Å². The highest BCUT2D eigenvalue weighted by Crippen LogP contribution is 2.29. The minimum atomic E-state index is -2.95. The SMILES string of the molecule is COc1cc(CNC(=O)c2ccn(-c3cc(C)ccc3OC)n2)ccc1OC(F)F. The van der Waals surface area contributed by atoms with E-state index in [4.69, 9.17) is 9.47 Å². The van der Waals surface area contributed by atoms with Gasteiger partial charge in [-0.3, -0.25) is 4.79 Å². The maximum absolute atomic E-state index is 12.5. The number of alkyl halides is 2. The Bertz CT molecular complexity index is 1040. The first-order valence-corrected chi connectivity index (χ1v) is 9.02. The fourth-order valence-electron chi connectivity index (χ4n) is 2.85. The van der Waals surface area contributed by atoms with Crippen LogP contribution >= 0.6 is 0 Å². The van der Waals surface area contributed by atoms with Gasteiger partial charge in [-0.15, -0.1) is 0 Å². The second-order valence-electron chi connectivity index (χ2n) is 6.37. The average Bonchev–Trinajstić information content (AvgIpc) is 3.22. The molecule has 1 amide bonds. The van der Waals surface area contributed by atoms with E-state index in [1.807, 2.05) is 25.1 Å². The number of halogens is 2. The molecule has 0 spiro atoms. The van der Waals surface area contributed by atoms with Crippen LogP contribution in [0.15, 0.2) is 48.7 Å². The molecule has 0 saturated carbocycles. The van der Waals surface area contributed by atoms with Crippen LogP contribution < -0.4 is 19.5 Å². The molecule has 9 heteroatoms. The molecule has 0 aliphatic rings. The van der Waals surface area contributed by atoms with Crippen LogP contribution in [-0.4, -0.2) is 36.5 Å². The van der Waals surface area contributed by atoms with Gasteiger partial charge < -0.3 is 19.5 Å². The van der Waals surface area contributed by atoms with Gasteiger partial charge in [0.25, 0.3) is 5.91 Å². The summed E-state index contributed by atoms with van der Waals surface area (Å²) in [5, 5.41) is 7.06. The molecule has 0 aliphatic carbocycles. The third kappa shape index (κ3) is 4.86. The molecule has 158 valence electrons. The summed E-state index contributed by atoms with van der Waals surface area (Å²) in [5.41, 5.74) is 2.63. The van der Waals surface area contributed by atoms with E-state index in [2.05, 4.69) is 15.2 Å². The molecule has 3 rings (SSSR count). The van der Waals surface area contributed by atoms with Gasteiger partial charge in [0.2, 0.25) is 0 Å². The third-order valence-electron chi connectivity index (χ3n) is 4.30. The quantitative estimate of drug-likeness (QED) is 0.605. The zero-order chi connectivity index (χ0) is 21.7. The largest absolute Gasteiger partial charge is 0.494 e. The lowest BCUT2D eigenvalue weighted by Crippen LogP contribution is -2.23. The van der Waals surface area contributed by atoms with Crippen molar-refractivity contribution in [2.75, 3.05) is 14.2 Å². The number of nitrogens with zero attached hydrogens (tertiary/aromatic N) is 2. The van der Waals surface area contributed by atoms with Crippen molar-refractivity contribution in [3.63, 3.8) is 0 Å². The molecule has 1 N–H and O–H groups in total. The number of aromatic nitrogens is 2. The van der Waals surface area contributed by atoms with Gasteiger partial charge in [-0.2, -0.15) is 13.9 Å². The number of benzene rings is 2. The number of ether oxygens (including phenoxy) is 3. The number of hydrogen-bond acceptors (Lipinski definition) is 5. The molecule has 1 heterocycles. The van der Waals surface area contributed by atoms with E-state index in [1.54, 1.807) is 30.1 Å². The lowest BCUT2D eigenvalue weighted by atomic mass is 10.2. The standard InChI is InChI=1S/C21H21F2N3O4/c1-13-4-6-17(28-2)16(10-13)26-9-8-15(25-26)20(27)24-12-14-5-7-18(30-21(22)23)19(11-14)29-3/h4-11,21H,12H2,1-3H3,(H,24,27). The molecular weight excluding hydrogens is 396 g/mol. The number of amides is 1. The summed E-state index contributed by atoms with van der Waals surface area (Å²) in [6.45, 7) is -0.844. The zero-order valence-corrected chi connectivity index (χ0v) is 16.7. The van der Waals surface area contributed by atoms with E-state index in [0.29, 0.717) is 11.3 Å². The number of rotatable bonds is 8. The summed E-state index contributed by atoms with van der Waals surface area (Å²) in [7, 11) is 2.92. The van der Waals surface area contributed by atoms with Gasteiger partial charge in [0.15, 0.2) is 17.2 Å². The Labute approximate surface area is 172 Å². The van der Waals surface area contributed by atoms with Crippen molar-refractivity contribution in [3.8, 4) is 22.9 Å². The molecule has 7 nitrogen and oxygen atoms in total. The second-order valence-corrected chi connectivity index (χ2v) is 6.37. The molecule has 0 unspecified atom stereocenters. The number of aryl methyl sites for hydroxylation is 1. The van der Waals surface area contributed by atoms with Crippen LogP contribution in [0.3, 0.4) is 0 Å². The summed E-state index contributed by atoms with van der Waals surface area (Å²) < 4.78 is 41.2. The third-order valence-corrected chi connectivity index (χ3v) is 4.30. The fraction of sp³-hybridized carbons (Fsp3) is 0.238. The smallest absolute Gasteiger partial charge is 0.387 e. The molecule has 0 aliphatic heterocycles. The van der Waals surface area contributed by atoms with Crippen LogP contribution in [0.1, 0.15) is 21.6 Å². The molecule has 0 atom stereocenters. The lowest BCUT2D eigenvalue weighted by Gasteiger charge is -2.11. The molecular formula is C21H21F2N3O4. The maximum atomic E-state index is 12.5. The first-order valence-electron chi connectivity index (χ1n) is 9.02. The van der Waals surface area contributed by atoms with E-state index >= 15 is 0 Å². The highest BCUT2D eigenvalue weighted by molar-refractivity contribution is 5.92. The van der Waals surface area contributed by atoms with Crippen molar-refractivity contribution < 1.29 is 27.8 Å². The zero-order valence-electron chi connectivity index (χ0n) is 16.7. The highest BCUT2D eigenvalue weighted by Gasteiger charge is 2.14. The van der Waals surface area contributed by atoms with Crippen molar-refractivity contribution >= 4 is 5.91 Å². The number of methoxy groups -OCH3 is 2. The Morgan fingerprint density at radius 3 is 2.50 bits per heavy atom. The summed E-state index contributed by atoms with van der Waals surface area (Å²) in [5.74, 6) is 0.326. The van der Waals surface area contributed by atoms with E-state index in [1.165, 1.54) is 19.2 Å². The van der Waals surface area contributed by atoms with Gasteiger partial charge in [0.1, 0.15) is 11.4 Å². The topological polar surface area (TPSA) is 74.6 Å². The van der Waals surface area contributed by atoms with E-state index in [0.717, 1.165) is 11.3 Å². The average molecular weight is 417 g/mol. The molecule has 30 heavy (non-hydrogen) atoms. The number of carbonyl (C=O) groups excluding carboxylic acids is 1. The Hall–Kier alpha value is -3.62. The van der Waals surface area contributed by atoms with E-state index in [9.17, 15) is 13.6 Å². The van der Waals surface area contributed by atoms with Gasteiger partial charge in [-0.25, -0.2) is 4.68 Å². The first kappa shape index (κ1) is 21.1. The maximum Gasteiger partial charge on any atom is 0.387 e. The van der Waals surface area contributed by atoms with E-state index < -0.39 is 6.61 Å². The van der Waals surface area contributed by atoms with Gasteiger partial charge >= 0.3 is 6.61 Å². The molecule has 0 fully saturated rings. The fourth-order valence-corrected chi connectivity index (χ4v) is 2.85. The van der Waals surface area contributed by atoms with Crippen LogP contribution in [0.5, 0.6) is 17.2 Å². The molecule has 1 aromatic heterocycles. The number of carbonyl (C=O) groups is 1. The van der Waals surface area contributed by atoms with Crippen LogP contribution in [-0.2, 0) is 6.54 Å². The molecule has 0 bridgehead atoms. The Kier molecular flexibility index (Phi) is 6.51. The van der Waals surface area contributed by atoms with Gasteiger partial charge in [0, 0.05) is 12.7 Å². The first-order chi connectivity index (χ1) is 14.4. The molecule has 0 saturated heterocycles. The van der Waals surface area contributed by atoms with Crippen molar-refractivity contribution in [3.05, 3.63) is 65.5 Å². The van der Waals surface area contributed by atoms with Gasteiger partial charge in [0.05, 0.1) is 14.2 Å². The van der Waals surface area contributed by atoms with Crippen LogP contribution in [0.4, 0.5) is 8.78 Å². The summed E-state index contributed by atoms with van der Waals surface area (Å²) >= 11 is 0. The van der Waals surface area contributed by atoms with Crippen molar-refractivity contribution in [2.24, 2.45) is 0 Å². The highest BCUT2D eigenvalue weighted by atomic mass is 19.3. The predicted octanol–water partition coefficient (Wildman–Crippen LogP) is 3.73. The minimum absolute atomic E-state index is 0.0755. The lowest BCUT2D eigenvalue weighted by molar-refractivity contribution is -0.0512. The second kappa shape index (κ2) is 9.25. The summed E-state index contributed by atoms with van der Waals surface area (Å²) in [6.07, 6.45) is 1.67. The van der Waals surface area contributed by atoms with Gasteiger partial charge in [-0.05, 0) is 48.4 Å². The van der Waals surface area contributed by atoms with Crippen LogP contribution in [0.25, 0.3) is 5.69 Å².